The first-order valence-corrected chi connectivity index (χ1v) is 5.60. The maximum Gasteiger partial charge on any atom is 0.212 e. The summed E-state index contributed by atoms with van der Waals surface area (Å²) < 4.78 is 1.85. The zero-order valence-electron chi connectivity index (χ0n) is 7.90. The van der Waals surface area contributed by atoms with E-state index in [0.29, 0.717) is 5.25 Å². The average Bonchev–Trinajstić information content (AvgIpc) is 2.57. The molecule has 1 N–H and O–H groups in total. The summed E-state index contributed by atoms with van der Waals surface area (Å²) in [4.78, 5) is 0. The van der Waals surface area contributed by atoms with Crippen LogP contribution in [0, 0.1) is 6.92 Å². The van der Waals surface area contributed by atoms with Crippen molar-refractivity contribution in [3.8, 4) is 0 Å². The number of aryl methyl sites for hydroxylation is 1. The Morgan fingerprint density at radius 2 is 2.43 bits per heavy atom. The van der Waals surface area contributed by atoms with Crippen molar-refractivity contribution in [1.82, 2.24) is 20.2 Å². The van der Waals surface area contributed by atoms with E-state index >= 15 is 0 Å². The van der Waals surface area contributed by atoms with E-state index in [1.165, 1.54) is 5.71 Å². The molecule has 0 saturated carbocycles. The van der Waals surface area contributed by atoms with Crippen molar-refractivity contribution in [2.75, 3.05) is 13.1 Å². The lowest BCUT2D eigenvalue weighted by atomic mass is 10.1. The summed E-state index contributed by atoms with van der Waals surface area (Å²) in [6.07, 6.45) is 1.04. The highest BCUT2D eigenvalue weighted by molar-refractivity contribution is 8.00. The minimum atomic E-state index is 0.458. The summed E-state index contributed by atoms with van der Waals surface area (Å²) in [5.74, 6) is 0.872. The molecule has 3 rings (SSSR count). The van der Waals surface area contributed by atoms with E-state index in [1.807, 2.05) is 11.6 Å². The Bertz CT molecular complexity index is 396. The number of piperidine rings is 1. The third-order valence-electron chi connectivity index (χ3n) is 2.50. The number of hydrogen-bond donors (Lipinski definition) is 1. The van der Waals surface area contributed by atoms with Gasteiger partial charge in [-0.15, -0.1) is 10.2 Å². The third-order valence-corrected chi connectivity index (χ3v) is 3.69. The normalized spacial score (nSPS) is 25.2. The highest BCUT2D eigenvalue weighted by Gasteiger charge is 2.28. The minimum Gasteiger partial charge on any atom is -0.315 e. The van der Waals surface area contributed by atoms with Gasteiger partial charge in [0.15, 0.2) is 5.82 Å². The Labute approximate surface area is 86.0 Å². The molecule has 6 heteroatoms. The fourth-order valence-electron chi connectivity index (χ4n) is 1.74. The summed E-state index contributed by atoms with van der Waals surface area (Å²) in [7, 11) is 0. The molecule has 1 aromatic rings. The molecule has 2 aliphatic rings. The molecular weight excluding hydrogens is 198 g/mol. The molecule has 5 nitrogen and oxygen atoms in total. The maximum atomic E-state index is 4.57. The summed E-state index contributed by atoms with van der Waals surface area (Å²) in [6, 6.07) is 0. The van der Waals surface area contributed by atoms with Crippen molar-refractivity contribution in [2.45, 2.75) is 23.8 Å². The van der Waals surface area contributed by atoms with Gasteiger partial charge in [0.25, 0.3) is 0 Å². The fraction of sp³-hybridized carbons (Fsp3) is 0.625. The zero-order valence-corrected chi connectivity index (χ0v) is 8.71. The van der Waals surface area contributed by atoms with Crippen LogP contribution in [0.3, 0.4) is 0 Å². The van der Waals surface area contributed by atoms with Crippen molar-refractivity contribution in [3.63, 3.8) is 0 Å². The minimum absolute atomic E-state index is 0.458. The molecule has 0 radical (unpaired) electrons. The lowest BCUT2D eigenvalue weighted by molar-refractivity contribution is 0.641. The number of nitrogens with one attached hydrogen (secondary N) is 1. The van der Waals surface area contributed by atoms with Gasteiger partial charge in [-0.25, -0.2) is 0 Å². The number of rotatable bonds is 0. The molecule has 3 heterocycles. The van der Waals surface area contributed by atoms with Gasteiger partial charge in [-0.2, -0.15) is 9.78 Å². The SMILES string of the molecule is Cc1nnc2n1N=C1CCNCC1S2. The zero-order chi connectivity index (χ0) is 9.54. The molecule has 0 aliphatic carbocycles. The molecule has 74 valence electrons. The Morgan fingerprint density at radius 1 is 1.50 bits per heavy atom. The van der Waals surface area contributed by atoms with E-state index in [-0.39, 0.29) is 0 Å². The second-order valence-corrected chi connectivity index (χ2v) is 4.66. The Hall–Kier alpha value is -0.880. The third kappa shape index (κ3) is 1.18. The number of aromatic nitrogens is 3. The van der Waals surface area contributed by atoms with E-state index in [4.69, 9.17) is 0 Å². The molecular formula is C8H11N5S. The van der Waals surface area contributed by atoms with Crippen LogP contribution in [0.5, 0.6) is 0 Å². The first-order valence-electron chi connectivity index (χ1n) is 4.72. The molecule has 1 fully saturated rings. The Balaban J connectivity index is 2.04. The molecule has 0 aromatic carbocycles. The van der Waals surface area contributed by atoms with E-state index in [0.717, 1.165) is 30.5 Å². The van der Waals surface area contributed by atoms with Crippen LogP contribution in [0.4, 0.5) is 0 Å². The summed E-state index contributed by atoms with van der Waals surface area (Å²) in [5, 5.41) is 17.4. The Kier molecular flexibility index (Phi) is 1.84. The van der Waals surface area contributed by atoms with Crippen LogP contribution in [0.2, 0.25) is 0 Å². The lowest BCUT2D eigenvalue weighted by Gasteiger charge is -2.27. The van der Waals surface area contributed by atoms with Gasteiger partial charge in [-0.3, -0.25) is 0 Å². The summed E-state index contributed by atoms with van der Waals surface area (Å²) in [5.41, 5.74) is 1.27. The standard InChI is InChI=1S/C8H11N5S/c1-5-10-11-8-13(5)12-6-2-3-9-4-7(6)14-8/h7,9H,2-4H2,1H3. The number of hydrogen-bond acceptors (Lipinski definition) is 5. The molecule has 1 aromatic heterocycles. The van der Waals surface area contributed by atoms with Crippen LogP contribution in [-0.4, -0.2) is 38.9 Å². The van der Waals surface area contributed by atoms with Crippen LogP contribution in [0.25, 0.3) is 0 Å². The van der Waals surface area contributed by atoms with Gasteiger partial charge < -0.3 is 5.32 Å². The molecule has 1 atom stereocenters. The van der Waals surface area contributed by atoms with Crippen LogP contribution >= 0.6 is 11.8 Å². The number of thioether (sulfide) groups is 1. The Morgan fingerprint density at radius 3 is 3.36 bits per heavy atom. The van der Waals surface area contributed by atoms with Crippen molar-refractivity contribution < 1.29 is 0 Å². The average molecular weight is 209 g/mol. The maximum absolute atomic E-state index is 4.57. The smallest absolute Gasteiger partial charge is 0.212 e. The van der Waals surface area contributed by atoms with Gasteiger partial charge in [0.1, 0.15) is 0 Å². The fourth-order valence-corrected chi connectivity index (χ4v) is 2.85. The van der Waals surface area contributed by atoms with E-state index in [9.17, 15) is 0 Å². The molecule has 2 aliphatic heterocycles. The first kappa shape index (κ1) is 8.43. The van der Waals surface area contributed by atoms with Gasteiger partial charge in [-0.1, -0.05) is 11.8 Å². The largest absolute Gasteiger partial charge is 0.315 e. The first-order chi connectivity index (χ1) is 6.84. The molecule has 14 heavy (non-hydrogen) atoms. The second kappa shape index (κ2) is 3.06. The monoisotopic (exact) mass is 209 g/mol. The highest BCUT2D eigenvalue weighted by Crippen LogP contribution is 2.29. The quantitative estimate of drug-likeness (QED) is 0.666. The van der Waals surface area contributed by atoms with Crippen molar-refractivity contribution >= 4 is 17.5 Å². The number of nitrogens with zero attached hydrogens (tertiary/aromatic N) is 4. The highest BCUT2D eigenvalue weighted by atomic mass is 32.2. The van der Waals surface area contributed by atoms with Crippen LogP contribution in [-0.2, 0) is 0 Å². The van der Waals surface area contributed by atoms with E-state index in [1.54, 1.807) is 11.8 Å². The van der Waals surface area contributed by atoms with Crippen molar-refractivity contribution in [1.29, 1.82) is 0 Å². The topological polar surface area (TPSA) is 55.1 Å². The van der Waals surface area contributed by atoms with Gasteiger partial charge >= 0.3 is 0 Å². The van der Waals surface area contributed by atoms with E-state index < -0.39 is 0 Å². The van der Waals surface area contributed by atoms with Crippen molar-refractivity contribution in [3.05, 3.63) is 5.82 Å². The second-order valence-electron chi connectivity index (χ2n) is 3.49. The molecule has 0 spiro atoms. The lowest BCUT2D eigenvalue weighted by Crippen LogP contribution is -2.41. The van der Waals surface area contributed by atoms with Gasteiger partial charge in [0.05, 0.1) is 11.0 Å². The molecule has 1 unspecified atom stereocenters. The summed E-state index contributed by atoms with van der Waals surface area (Å²) in [6.45, 7) is 3.96. The number of fused-ring (bicyclic) bond motifs is 2. The van der Waals surface area contributed by atoms with Crippen LogP contribution in [0.15, 0.2) is 10.3 Å². The van der Waals surface area contributed by atoms with Gasteiger partial charge in [-0.05, 0) is 6.92 Å². The van der Waals surface area contributed by atoms with Crippen molar-refractivity contribution in [2.24, 2.45) is 5.10 Å². The van der Waals surface area contributed by atoms with Crippen LogP contribution < -0.4 is 5.32 Å². The predicted octanol–water partition coefficient (Wildman–Crippen LogP) is 0.258. The molecule has 0 amide bonds. The summed E-state index contributed by atoms with van der Waals surface area (Å²) >= 11 is 1.76. The van der Waals surface area contributed by atoms with Gasteiger partial charge in [0.2, 0.25) is 5.16 Å². The molecule has 0 bridgehead atoms. The van der Waals surface area contributed by atoms with Gasteiger partial charge in [0, 0.05) is 19.5 Å². The predicted molar refractivity (Wildman–Crippen MR) is 54.7 cm³/mol. The van der Waals surface area contributed by atoms with E-state index in [2.05, 4.69) is 20.6 Å². The molecule has 1 saturated heterocycles. The van der Waals surface area contributed by atoms with Crippen LogP contribution in [0.1, 0.15) is 12.2 Å².